The van der Waals surface area contributed by atoms with Gasteiger partial charge >= 0.3 is 12.8 Å². The Balaban J connectivity index is 1.90. The Morgan fingerprint density at radius 3 is 2.34 bits per heavy atom. The lowest BCUT2D eigenvalue weighted by Gasteiger charge is -2.33. The van der Waals surface area contributed by atoms with Gasteiger partial charge in [-0.15, -0.1) is 0 Å². The predicted molar refractivity (Wildman–Crippen MR) is 143 cm³/mol. The van der Waals surface area contributed by atoms with Crippen LogP contribution in [0.4, 0.5) is 22.0 Å². The van der Waals surface area contributed by atoms with Crippen LogP contribution < -0.4 is 10.1 Å². The van der Waals surface area contributed by atoms with E-state index in [-0.39, 0.29) is 46.5 Å². The molecule has 1 amide bonds. The molecule has 1 aromatic heterocycles. The van der Waals surface area contributed by atoms with Crippen molar-refractivity contribution >= 4 is 27.3 Å². The van der Waals surface area contributed by atoms with E-state index in [1.165, 1.54) is 17.0 Å². The minimum atomic E-state index is -4.80. The lowest BCUT2D eigenvalue weighted by Crippen LogP contribution is -2.37. The summed E-state index contributed by atoms with van der Waals surface area (Å²) in [5.74, 6) is -1.14. The molecule has 2 aromatic rings. The van der Waals surface area contributed by atoms with E-state index in [0.717, 1.165) is 26.0 Å². The molecule has 0 saturated heterocycles. The van der Waals surface area contributed by atoms with E-state index in [1.54, 1.807) is 6.92 Å². The third kappa shape index (κ3) is 7.31. The maximum absolute atomic E-state index is 13.5. The highest BCUT2D eigenvalue weighted by molar-refractivity contribution is 7.91. The summed E-state index contributed by atoms with van der Waals surface area (Å²) < 4.78 is 96.6. The first kappa shape index (κ1) is 33.1. The Bertz CT molecular complexity index is 1360. The van der Waals surface area contributed by atoms with Crippen molar-refractivity contribution in [2.24, 2.45) is 11.3 Å². The Kier molecular flexibility index (Phi) is 10.0. The summed E-state index contributed by atoms with van der Waals surface area (Å²) >= 11 is 6.52. The molecule has 1 atom stereocenters. The van der Waals surface area contributed by atoms with E-state index in [2.05, 4.69) is 15.2 Å². The molecule has 1 saturated carbocycles. The number of benzene rings is 1. The number of carbonyl (C=O) groups is 1. The average molecular weight is 630 g/mol. The van der Waals surface area contributed by atoms with Crippen molar-refractivity contribution < 1.29 is 45.0 Å². The fraction of sp³-hybridized carbons (Fsp3) is 0.615. The van der Waals surface area contributed by atoms with Gasteiger partial charge < -0.3 is 15.2 Å². The van der Waals surface area contributed by atoms with Crippen molar-refractivity contribution in [1.82, 2.24) is 15.1 Å². The molecule has 0 spiro atoms. The van der Waals surface area contributed by atoms with Crippen molar-refractivity contribution in [3.63, 3.8) is 0 Å². The summed E-state index contributed by atoms with van der Waals surface area (Å²) in [5, 5.41) is 16.8. The largest absolute Gasteiger partial charge is 0.434 e. The van der Waals surface area contributed by atoms with Gasteiger partial charge in [0.05, 0.1) is 27.5 Å². The molecule has 1 aromatic carbocycles. The van der Waals surface area contributed by atoms with Crippen molar-refractivity contribution in [2.45, 2.75) is 77.1 Å². The van der Waals surface area contributed by atoms with Gasteiger partial charge in [-0.25, -0.2) is 8.42 Å². The van der Waals surface area contributed by atoms with Gasteiger partial charge in [0, 0.05) is 24.9 Å². The third-order valence-electron chi connectivity index (χ3n) is 7.57. The number of amides is 1. The Labute approximate surface area is 240 Å². The van der Waals surface area contributed by atoms with E-state index in [9.17, 15) is 40.3 Å². The normalized spacial score (nSPS) is 19.3. The molecule has 0 unspecified atom stereocenters. The average Bonchev–Trinajstić information content (AvgIpc) is 3.21. The summed E-state index contributed by atoms with van der Waals surface area (Å²) in [4.78, 5) is 13.0. The summed E-state index contributed by atoms with van der Waals surface area (Å²) in [6.45, 7) is 0.272. The molecule has 0 radical (unpaired) electrons. The maximum atomic E-state index is 13.5. The number of aliphatic hydroxyl groups is 1. The van der Waals surface area contributed by atoms with E-state index in [1.807, 2.05) is 0 Å². The predicted octanol–water partition coefficient (Wildman–Crippen LogP) is 5.78. The van der Waals surface area contributed by atoms with Gasteiger partial charge in [-0.3, -0.25) is 9.48 Å². The number of halogens is 6. The number of alkyl halides is 5. The number of rotatable bonds is 10. The van der Waals surface area contributed by atoms with Crippen LogP contribution in [0.1, 0.15) is 68.6 Å². The van der Waals surface area contributed by atoms with Crippen LogP contribution in [0.25, 0.3) is 11.3 Å². The van der Waals surface area contributed by atoms with Gasteiger partial charge in [0.25, 0.3) is 5.91 Å². The zero-order chi connectivity index (χ0) is 30.9. The fourth-order valence-corrected chi connectivity index (χ4v) is 6.28. The second-order valence-corrected chi connectivity index (χ2v) is 13.5. The molecule has 1 heterocycles. The first-order chi connectivity index (χ1) is 18.9. The van der Waals surface area contributed by atoms with Gasteiger partial charge in [0.1, 0.15) is 15.6 Å². The van der Waals surface area contributed by atoms with Crippen molar-refractivity contribution in [1.29, 1.82) is 0 Å². The zero-order valence-electron chi connectivity index (χ0n) is 22.9. The van der Waals surface area contributed by atoms with E-state index in [4.69, 9.17) is 11.6 Å². The second kappa shape index (κ2) is 12.4. The van der Waals surface area contributed by atoms with Crippen LogP contribution in [-0.2, 0) is 16.4 Å². The Morgan fingerprint density at radius 1 is 1.22 bits per heavy atom. The summed E-state index contributed by atoms with van der Waals surface area (Å²) in [7, 11) is -3.13. The molecule has 8 nitrogen and oxygen atoms in total. The van der Waals surface area contributed by atoms with E-state index in [0.29, 0.717) is 25.7 Å². The maximum Gasteiger partial charge on any atom is 0.396 e. The van der Waals surface area contributed by atoms with E-state index < -0.39 is 51.1 Å². The van der Waals surface area contributed by atoms with Gasteiger partial charge in [0.2, 0.25) is 0 Å². The van der Waals surface area contributed by atoms with E-state index >= 15 is 0 Å². The first-order valence-electron chi connectivity index (χ1n) is 13.0. The quantitative estimate of drug-likeness (QED) is 0.323. The SMILES string of the molecule is CCn1nc(C(=O)NCC2CCC(S(C)(=O)=O)CC2)c(Cl)c1-c1ccc([C@H](O)C(C)(C)C(F)(F)F)cc1OC(F)F. The van der Waals surface area contributed by atoms with Crippen LogP contribution in [0.5, 0.6) is 5.75 Å². The number of nitrogens with zero attached hydrogens (tertiary/aromatic N) is 2. The Morgan fingerprint density at radius 2 is 1.83 bits per heavy atom. The van der Waals surface area contributed by atoms with Crippen molar-refractivity contribution in [3.8, 4) is 17.0 Å². The summed E-state index contributed by atoms with van der Waals surface area (Å²) in [6, 6.07) is 3.21. The molecular formula is C26H33ClF5N3O5S. The number of nitrogens with one attached hydrogen (secondary N) is 1. The first-order valence-corrected chi connectivity index (χ1v) is 15.3. The van der Waals surface area contributed by atoms with Crippen LogP contribution in [0.3, 0.4) is 0 Å². The van der Waals surface area contributed by atoms with Gasteiger partial charge in [-0.1, -0.05) is 17.7 Å². The Hall–Kier alpha value is -2.45. The smallest absolute Gasteiger partial charge is 0.396 e. The molecular weight excluding hydrogens is 597 g/mol. The second-order valence-electron chi connectivity index (χ2n) is 10.8. The minimum Gasteiger partial charge on any atom is -0.434 e. The van der Waals surface area contributed by atoms with Gasteiger partial charge in [-0.05, 0) is 70.1 Å². The molecule has 0 bridgehead atoms. The zero-order valence-corrected chi connectivity index (χ0v) is 24.5. The summed E-state index contributed by atoms with van der Waals surface area (Å²) in [5.41, 5.74) is -3.15. The highest BCUT2D eigenvalue weighted by atomic mass is 35.5. The standard InChI is InChI=1S/C26H33ClF5N3O5S/c1-5-35-21(17-11-8-15(12-18(17)40-24(28)29)22(36)25(2,3)26(30,31)32)19(27)20(34-35)23(37)33-13-14-6-9-16(10-7-14)41(4,38)39/h8,11-12,14,16,22,24,36H,5-7,9-10,13H2,1-4H3,(H,33,37)/t14?,16?,22-/m0/s1. The number of carbonyl (C=O) groups excluding carboxylic acids is 1. The monoisotopic (exact) mass is 629 g/mol. The van der Waals surface area contributed by atoms with Gasteiger partial charge in [0.15, 0.2) is 5.69 Å². The van der Waals surface area contributed by atoms with Crippen molar-refractivity contribution in [2.75, 3.05) is 12.8 Å². The lowest BCUT2D eigenvalue weighted by molar-refractivity contribution is -0.243. The molecule has 0 aliphatic heterocycles. The lowest BCUT2D eigenvalue weighted by atomic mass is 9.81. The van der Waals surface area contributed by atoms with Crippen LogP contribution in [0.2, 0.25) is 5.02 Å². The third-order valence-corrected chi connectivity index (χ3v) is 9.61. The molecule has 1 fully saturated rings. The molecule has 3 rings (SSSR count). The number of ether oxygens (including phenoxy) is 1. The highest BCUT2D eigenvalue weighted by Crippen LogP contribution is 2.48. The molecule has 1 aliphatic carbocycles. The topological polar surface area (TPSA) is 111 Å². The highest BCUT2D eigenvalue weighted by Gasteiger charge is 2.52. The number of aryl methyl sites for hydroxylation is 1. The van der Waals surface area contributed by atoms with Crippen LogP contribution in [0.15, 0.2) is 18.2 Å². The molecule has 15 heteroatoms. The van der Waals surface area contributed by atoms with Crippen molar-refractivity contribution in [3.05, 3.63) is 34.5 Å². The molecule has 41 heavy (non-hydrogen) atoms. The van der Waals surface area contributed by atoms with Crippen LogP contribution in [0, 0.1) is 11.3 Å². The number of sulfone groups is 1. The summed E-state index contributed by atoms with van der Waals surface area (Å²) in [6.07, 6.45) is -3.49. The number of hydrogen-bond donors (Lipinski definition) is 2. The molecule has 230 valence electrons. The molecule has 2 N–H and O–H groups in total. The fourth-order valence-electron chi connectivity index (χ4n) is 4.83. The molecule has 1 aliphatic rings. The van der Waals surface area contributed by atoms with Crippen LogP contribution >= 0.6 is 11.6 Å². The number of hydrogen-bond acceptors (Lipinski definition) is 6. The number of aliphatic hydroxyl groups excluding tert-OH is 1. The number of aromatic nitrogens is 2. The van der Waals surface area contributed by atoms with Gasteiger partial charge in [-0.2, -0.15) is 27.1 Å². The van der Waals surface area contributed by atoms with Crippen LogP contribution in [-0.4, -0.2) is 60.1 Å². The minimum absolute atomic E-state index is 0.0275.